The number of phenolic OH excluding ortho intramolecular Hbond substituents is 2. The van der Waals surface area contributed by atoms with Gasteiger partial charge in [0.2, 0.25) is 0 Å². The number of hydrogen-bond donors (Lipinski definition) is 3. The molecule has 0 fully saturated rings. The van der Waals surface area contributed by atoms with Gasteiger partial charge >= 0.3 is 12.1 Å². The smallest absolute Gasteiger partial charge is 0.504 e. The van der Waals surface area contributed by atoms with E-state index in [0.717, 1.165) is 0 Å². The molecule has 0 spiro atoms. The van der Waals surface area contributed by atoms with Crippen LogP contribution in [0.4, 0.5) is 4.79 Å². The molecule has 0 aliphatic carbocycles. The molecule has 3 atom stereocenters. The summed E-state index contributed by atoms with van der Waals surface area (Å²) in [4.78, 5) is 22.9. The molecule has 0 bridgehead atoms. The molecule has 1 aromatic rings. The Balaban J connectivity index is 2.55. The molecule has 0 heterocycles. The predicted octanol–water partition coefficient (Wildman–Crippen LogP) is 1.07. The Hall–Kier alpha value is -2.48. The number of phenols is 2. The number of rotatable bonds is 6. The lowest BCUT2D eigenvalue weighted by atomic mass is 10.1. The third-order valence-corrected chi connectivity index (χ3v) is 3.21. The fourth-order valence-electron chi connectivity index (χ4n) is 1.70. The molecule has 0 saturated heterocycles. The van der Waals surface area contributed by atoms with E-state index in [-0.39, 0.29) is 17.9 Å². The summed E-state index contributed by atoms with van der Waals surface area (Å²) in [7, 11) is 1.18. The van der Waals surface area contributed by atoms with Crippen molar-refractivity contribution >= 4 is 12.1 Å². The van der Waals surface area contributed by atoms with Crippen molar-refractivity contribution < 1.29 is 34.0 Å². The van der Waals surface area contributed by atoms with Crippen LogP contribution in [0.25, 0.3) is 0 Å². The van der Waals surface area contributed by atoms with Crippen LogP contribution in [-0.2, 0) is 25.4 Å². The third-order valence-electron chi connectivity index (χ3n) is 3.21. The fourth-order valence-corrected chi connectivity index (χ4v) is 1.70. The molecular formula is C15H21NO7. The zero-order valence-corrected chi connectivity index (χ0v) is 13.2. The first-order valence-electron chi connectivity index (χ1n) is 6.96. The highest BCUT2D eigenvalue weighted by Gasteiger charge is 2.24. The SMILES string of the molecule is COC(=O)O[C@@H](C)[C@@H](C)OC(=O)[C@@H](N)Cc1ccc(O)c(O)c1. The number of ether oxygens (including phenoxy) is 3. The van der Waals surface area contributed by atoms with Crippen LogP contribution in [0.15, 0.2) is 18.2 Å². The predicted molar refractivity (Wildman–Crippen MR) is 80.0 cm³/mol. The summed E-state index contributed by atoms with van der Waals surface area (Å²) >= 11 is 0. The van der Waals surface area contributed by atoms with Crippen molar-refractivity contribution in [1.29, 1.82) is 0 Å². The molecule has 0 saturated carbocycles. The van der Waals surface area contributed by atoms with Crippen molar-refractivity contribution in [3.8, 4) is 11.5 Å². The fraction of sp³-hybridized carbons (Fsp3) is 0.467. The molecule has 0 amide bonds. The van der Waals surface area contributed by atoms with E-state index in [4.69, 9.17) is 15.2 Å². The molecule has 0 aliphatic rings. The van der Waals surface area contributed by atoms with E-state index in [2.05, 4.69) is 4.74 Å². The second-order valence-corrected chi connectivity index (χ2v) is 5.05. The van der Waals surface area contributed by atoms with Crippen molar-refractivity contribution in [2.75, 3.05) is 7.11 Å². The van der Waals surface area contributed by atoms with Gasteiger partial charge in [-0.3, -0.25) is 4.79 Å². The van der Waals surface area contributed by atoms with E-state index >= 15 is 0 Å². The molecule has 0 radical (unpaired) electrons. The van der Waals surface area contributed by atoms with Crippen LogP contribution >= 0.6 is 0 Å². The monoisotopic (exact) mass is 327 g/mol. The summed E-state index contributed by atoms with van der Waals surface area (Å²) in [5, 5.41) is 18.6. The van der Waals surface area contributed by atoms with Gasteiger partial charge in [0, 0.05) is 0 Å². The maximum atomic E-state index is 11.9. The third kappa shape index (κ3) is 5.67. The molecule has 8 nitrogen and oxygen atoms in total. The van der Waals surface area contributed by atoms with Crippen LogP contribution in [-0.4, -0.2) is 47.7 Å². The Kier molecular flexibility index (Phi) is 6.65. The van der Waals surface area contributed by atoms with E-state index in [1.165, 1.54) is 25.3 Å². The van der Waals surface area contributed by atoms with Crippen molar-refractivity contribution in [2.45, 2.75) is 38.5 Å². The second-order valence-electron chi connectivity index (χ2n) is 5.05. The molecule has 0 aliphatic heterocycles. The lowest BCUT2D eigenvalue weighted by Crippen LogP contribution is -2.39. The first kappa shape index (κ1) is 18.6. The molecule has 8 heteroatoms. The van der Waals surface area contributed by atoms with Gasteiger partial charge in [-0.25, -0.2) is 4.79 Å². The lowest BCUT2D eigenvalue weighted by Gasteiger charge is -2.21. The Labute approximate surface area is 133 Å². The molecule has 1 aromatic carbocycles. The van der Waals surface area contributed by atoms with Crippen LogP contribution in [0, 0.1) is 0 Å². The molecule has 0 aromatic heterocycles. The normalized spacial score (nSPS) is 14.4. The number of carbonyl (C=O) groups is 2. The van der Waals surface area contributed by atoms with Gasteiger partial charge in [0.15, 0.2) is 11.5 Å². The number of aromatic hydroxyl groups is 2. The summed E-state index contributed by atoms with van der Waals surface area (Å²) in [5.41, 5.74) is 6.33. The molecule has 128 valence electrons. The zero-order valence-electron chi connectivity index (χ0n) is 13.2. The molecule has 1 rings (SSSR count). The summed E-state index contributed by atoms with van der Waals surface area (Å²) in [5.74, 6) is -1.23. The van der Waals surface area contributed by atoms with E-state index in [9.17, 15) is 19.8 Å². The minimum Gasteiger partial charge on any atom is -0.504 e. The number of hydrogen-bond acceptors (Lipinski definition) is 8. The van der Waals surface area contributed by atoms with Gasteiger partial charge in [-0.2, -0.15) is 0 Å². The number of nitrogens with two attached hydrogens (primary N) is 1. The van der Waals surface area contributed by atoms with Crippen LogP contribution in [0.1, 0.15) is 19.4 Å². The molecule has 4 N–H and O–H groups in total. The van der Waals surface area contributed by atoms with E-state index in [1.54, 1.807) is 13.8 Å². The standard InChI is InChI=1S/C15H21NO7/c1-8(9(2)23-15(20)21-3)22-14(19)11(16)6-10-4-5-12(17)13(18)7-10/h4-5,7-9,11,17-18H,6,16H2,1-3H3/t8-,9+,11+/m1/s1. The first-order chi connectivity index (χ1) is 10.7. The van der Waals surface area contributed by atoms with Gasteiger partial charge in [-0.15, -0.1) is 0 Å². The zero-order chi connectivity index (χ0) is 17.6. The topological polar surface area (TPSA) is 128 Å². The van der Waals surface area contributed by atoms with Gasteiger partial charge in [0.1, 0.15) is 18.2 Å². The number of methoxy groups -OCH3 is 1. The Morgan fingerprint density at radius 3 is 2.30 bits per heavy atom. The van der Waals surface area contributed by atoms with Crippen LogP contribution in [0.3, 0.4) is 0 Å². The van der Waals surface area contributed by atoms with Gasteiger partial charge < -0.3 is 30.2 Å². The molecule has 23 heavy (non-hydrogen) atoms. The summed E-state index contributed by atoms with van der Waals surface area (Å²) < 4.78 is 14.3. The Morgan fingerprint density at radius 1 is 1.13 bits per heavy atom. The van der Waals surface area contributed by atoms with E-state index in [1.807, 2.05) is 0 Å². The average molecular weight is 327 g/mol. The maximum Gasteiger partial charge on any atom is 0.508 e. The summed E-state index contributed by atoms with van der Waals surface area (Å²) in [6.07, 6.45) is -2.16. The highest BCUT2D eigenvalue weighted by atomic mass is 16.7. The summed E-state index contributed by atoms with van der Waals surface area (Å²) in [6, 6.07) is 3.19. The Bertz CT molecular complexity index is 561. The van der Waals surface area contributed by atoms with Gasteiger partial charge in [0.05, 0.1) is 7.11 Å². The average Bonchev–Trinajstić information content (AvgIpc) is 2.50. The largest absolute Gasteiger partial charge is 0.508 e. The summed E-state index contributed by atoms with van der Waals surface area (Å²) in [6.45, 7) is 3.11. The van der Waals surface area contributed by atoms with Crippen molar-refractivity contribution in [3.63, 3.8) is 0 Å². The van der Waals surface area contributed by atoms with Crippen molar-refractivity contribution in [1.82, 2.24) is 0 Å². The van der Waals surface area contributed by atoms with Gasteiger partial charge in [0.25, 0.3) is 0 Å². The van der Waals surface area contributed by atoms with Crippen molar-refractivity contribution in [3.05, 3.63) is 23.8 Å². The minimum atomic E-state index is -0.966. The highest BCUT2D eigenvalue weighted by molar-refractivity contribution is 5.76. The second kappa shape index (κ2) is 8.23. The van der Waals surface area contributed by atoms with Gasteiger partial charge in [-0.05, 0) is 38.0 Å². The maximum absolute atomic E-state index is 11.9. The van der Waals surface area contributed by atoms with E-state index in [0.29, 0.717) is 5.56 Å². The van der Waals surface area contributed by atoms with E-state index < -0.39 is 30.4 Å². The van der Waals surface area contributed by atoms with Gasteiger partial charge in [-0.1, -0.05) is 6.07 Å². The van der Waals surface area contributed by atoms with Crippen molar-refractivity contribution in [2.24, 2.45) is 5.73 Å². The minimum absolute atomic E-state index is 0.117. The quantitative estimate of drug-likeness (QED) is 0.523. The Morgan fingerprint density at radius 2 is 1.74 bits per heavy atom. The van der Waals surface area contributed by atoms with Crippen LogP contribution in [0.5, 0.6) is 11.5 Å². The van der Waals surface area contributed by atoms with Crippen LogP contribution < -0.4 is 5.73 Å². The number of benzene rings is 1. The number of carbonyl (C=O) groups excluding carboxylic acids is 2. The molecule has 0 unspecified atom stereocenters. The number of esters is 1. The highest BCUT2D eigenvalue weighted by Crippen LogP contribution is 2.25. The molecular weight excluding hydrogens is 306 g/mol. The van der Waals surface area contributed by atoms with Crippen LogP contribution in [0.2, 0.25) is 0 Å². The first-order valence-corrected chi connectivity index (χ1v) is 6.96. The lowest BCUT2D eigenvalue weighted by molar-refractivity contribution is -0.155.